The number of hydrogen-bond acceptors (Lipinski definition) is 2. The lowest BCUT2D eigenvalue weighted by molar-refractivity contribution is 0.162. The number of hydrogen-bond donors (Lipinski definition) is 1. The van der Waals surface area contributed by atoms with Crippen LogP contribution in [0.3, 0.4) is 0 Å². The van der Waals surface area contributed by atoms with Crippen LogP contribution < -0.4 is 5.32 Å². The predicted molar refractivity (Wildman–Crippen MR) is 105 cm³/mol. The van der Waals surface area contributed by atoms with E-state index in [4.69, 9.17) is 11.6 Å². The van der Waals surface area contributed by atoms with Gasteiger partial charge in [0.2, 0.25) is 0 Å². The Morgan fingerprint density at radius 3 is 2.50 bits per heavy atom. The fourth-order valence-electron chi connectivity index (χ4n) is 2.89. The van der Waals surface area contributed by atoms with E-state index < -0.39 is 0 Å². The Balaban J connectivity index is 0.00000220. The monoisotopic (exact) mass is 430 g/mol. The topological polar surface area (TPSA) is 15.3 Å². The van der Waals surface area contributed by atoms with Crippen LogP contribution in [0.5, 0.6) is 0 Å². The molecule has 0 aromatic heterocycles. The molecule has 1 saturated heterocycles. The Bertz CT molecular complexity index is 426. The summed E-state index contributed by atoms with van der Waals surface area (Å²) >= 11 is 9.78. The highest BCUT2D eigenvalue weighted by Crippen LogP contribution is 2.33. The Labute approximate surface area is 160 Å². The zero-order chi connectivity index (χ0) is 14.4. The van der Waals surface area contributed by atoms with Crippen molar-refractivity contribution in [2.45, 2.75) is 38.6 Å². The van der Waals surface area contributed by atoms with Gasteiger partial charge in [-0.25, -0.2) is 0 Å². The molecule has 128 valence electrons. The van der Waals surface area contributed by atoms with Crippen molar-refractivity contribution in [2.75, 3.05) is 26.2 Å². The van der Waals surface area contributed by atoms with Crippen LogP contribution in [0.4, 0.5) is 0 Å². The molecule has 1 aliphatic heterocycles. The largest absolute Gasteiger partial charge is 0.314 e. The van der Waals surface area contributed by atoms with E-state index in [1.807, 2.05) is 12.1 Å². The molecule has 6 heteroatoms. The third-order valence-electron chi connectivity index (χ3n) is 3.99. The third kappa shape index (κ3) is 6.54. The zero-order valence-corrected chi connectivity index (χ0v) is 17.0. The van der Waals surface area contributed by atoms with Gasteiger partial charge in [0.25, 0.3) is 0 Å². The number of halogens is 4. The summed E-state index contributed by atoms with van der Waals surface area (Å²) in [5, 5.41) is 4.24. The maximum absolute atomic E-state index is 6.08. The average Bonchev–Trinajstić information content (AvgIpc) is 2.46. The first-order chi connectivity index (χ1) is 9.72. The van der Waals surface area contributed by atoms with Gasteiger partial charge >= 0.3 is 0 Å². The molecule has 0 aliphatic carbocycles. The Hall–Kier alpha value is 0.490. The van der Waals surface area contributed by atoms with Gasteiger partial charge < -0.3 is 5.32 Å². The molecule has 1 atom stereocenters. The molecule has 1 aliphatic rings. The van der Waals surface area contributed by atoms with Crippen molar-refractivity contribution in [1.82, 2.24) is 10.2 Å². The van der Waals surface area contributed by atoms with E-state index in [9.17, 15) is 0 Å². The second-order valence-corrected chi connectivity index (χ2v) is 6.75. The first kappa shape index (κ1) is 22.5. The molecule has 0 unspecified atom stereocenters. The summed E-state index contributed by atoms with van der Waals surface area (Å²) in [6, 6.07) is 6.73. The molecule has 2 rings (SSSR count). The van der Waals surface area contributed by atoms with Crippen LogP contribution in [0.15, 0.2) is 22.7 Å². The molecule has 2 nitrogen and oxygen atoms in total. The molecule has 0 radical (unpaired) electrons. The zero-order valence-electron chi connectivity index (χ0n) is 13.0. The van der Waals surface area contributed by atoms with E-state index in [0.29, 0.717) is 6.04 Å². The van der Waals surface area contributed by atoms with Gasteiger partial charge in [-0.05, 0) is 24.1 Å². The number of nitrogens with zero attached hydrogens (tertiary/aromatic N) is 1. The summed E-state index contributed by atoms with van der Waals surface area (Å²) in [5.74, 6) is 0. The van der Waals surface area contributed by atoms with Crippen molar-refractivity contribution in [3.05, 3.63) is 33.3 Å². The van der Waals surface area contributed by atoms with Crippen LogP contribution in [0.2, 0.25) is 5.02 Å². The Morgan fingerprint density at radius 2 is 1.91 bits per heavy atom. The molecule has 22 heavy (non-hydrogen) atoms. The van der Waals surface area contributed by atoms with E-state index in [0.717, 1.165) is 35.7 Å². The van der Waals surface area contributed by atoms with Crippen molar-refractivity contribution >= 4 is 52.3 Å². The molecule has 1 aromatic rings. The lowest BCUT2D eigenvalue weighted by atomic mass is 9.98. The van der Waals surface area contributed by atoms with Gasteiger partial charge in [0.1, 0.15) is 0 Å². The van der Waals surface area contributed by atoms with Gasteiger partial charge in [-0.2, -0.15) is 0 Å². The van der Waals surface area contributed by atoms with E-state index in [1.54, 1.807) is 0 Å². The summed E-state index contributed by atoms with van der Waals surface area (Å²) in [6.45, 7) is 6.71. The Morgan fingerprint density at radius 1 is 1.23 bits per heavy atom. The fourth-order valence-corrected chi connectivity index (χ4v) is 3.83. The van der Waals surface area contributed by atoms with Crippen LogP contribution in [0.1, 0.15) is 44.2 Å². The van der Waals surface area contributed by atoms with Gasteiger partial charge in [-0.1, -0.05) is 59.8 Å². The highest BCUT2D eigenvalue weighted by atomic mass is 79.9. The van der Waals surface area contributed by atoms with E-state index in [2.05, 4.69) is 39.1 Å². The van der Waals surface area contributed by atoms with E-state index in [1.165, 1.54) is 31.2 Å². The molecule has 0 spiro atoms. The second-order valence-electron chi connectivity index (χ2n) is 5.46. The molecule has 1 fully saturated rings. The molecular formula is C16H26BrCl3N2. The number of nitrogens with one attached hydrogen (secondary N) is 1. The van der Waals surface area contributed by atoms with Crippen LogP contribution >= 0.6 is 52.3 Å². The van der Waals surface area contributed by atoms with Crippen LogP contribution in [-0.4, -0.2) is 31.1 Å². The molecule has 1 aromatic carbocycles. The average molecular weight is 433 g/mol. The predicted octanol–water partition coefficient (Wildman–Crippen LogP) is 5.47. The third-order valence-corrected chi connectivity index (χ3v) is 4.92. The lowest BCUT2D eigenvalue weighted by Crippen LogP contribution is -2.45. The number of benzene rings is 1. The summed E-state index contributed by atoms with van der Waals surface area (Å²) in [7, 11) is 0. The van der Waals surface area contributed by atoms with Crippen LogP contribution in [-0.2, 0) is 0 Å². The molecule has 0 bridgehead atoms. The first-order valence-electron chi connectivity index (χ1n) is 7.62. The van der Waals surface area contributed by atoms with Crippen molar-refractivity contribution in [3.63, 3.8) is 0 Å². The summed E-state index contributed by atoms with van der Waals surface area (Å²) < 4.78 is 1.14. The minimum atomic E-state index is 0. The molecule has 1 N–H and O–H groups in total. The van der Waals surface area contributed by atoms with E-state index in [-0.39, 0.29) is 24.8 Å². The minimum absolute atomic E-state index is 0. The standard InChI is InChI=1S/C16H24BrClN2.2ClH/c1-2-3-4-5-16(20-10-8-19-9-11-20)14-7-6-13(18)12-15(14)17;;/h6-7,12,16,19H,2-5,8-11H2,1H3;2*1H/t16-;;/m0../s1. The van der Waals surface area contributed by atoms with Crippen molar-refractivity contribution in [3.8, 4) is 0 Å². The molecular weight excluding hydrogens is 406 g/mol. The molecule has 1 heterocycles. The van der Waals surface area contributed by atoms with Crippen LogP contribution in [0.25, 0.3) is 0 Å². The molecule has 0 saturated carbocycles. The van der Waals surface area contributed by atoms with Crippen LogP contribution in [0, 0.1) is 0 Å². The summed E-state index contributed by atoms with van der Waals surface area (Å²) in [4.78, 5) is 2.61. The minimum Gasteiger partial charge on any atom is -0.314 e. The summed E-state index contributed by atoms with van der Waals surface area (Å²) in [5.41, 5.74) is 1.38. The smallest absolute Gasteiger partial charge is 0.0417 e. The number of unbranched alkanes of at least 4 members (excludes halogenated alkanes) is 2. The van der Waals surface area contributed by atoms with Gasteiger partial charge in [-0.15, -0.1) is 24.8 Å². The highest BCUT2D eigenvalue weighted by molar-refractivity contribution is 9.10. The Kier molecular flexibility index (Phi) is 12.2. The number of rotatable bonds is 6. The molecule has 0 amide bonds. The highest BCUT2D eigenvalue weighted by Gasteiger charge is 2.23. The number of piperazine rings is 1. The second kappa shape index (κ2) is 11.9. The summed E-state index contributed by atoms with van der Waals surface area (Å²) in [6.07, 6.45) is 5.11. The lowest BCUT2D eigenvalue weighted by Gasteiger charge is -2.36. The maximum atomic E-state index is 6.08. The van der Waals surface area contributed by atoms with Gasteiger partial charge in [0, 0.05) is 41.7 Å². The van der Waals surface area contributed by atoms with Crippen molar-refractivity contribution in [1.29, 1.82) is 0 Å². The normalized spacial score (nSPS) is 16.5. The maximum Gasteiger partial charge on any atom is 0.0417 e. The van der Waals surface area contributed by atoms with Gasteiger partial charge in [0.15, 0.2) is 0 Å². The SMILES string of the molecule is CCCCC[C@@H](c1ccc(Cl)cc1Br)N1CCNCC1.Cl.Cl. The quantitative estimate of drug-likeness (QED) is 0.600. The van der Waals surface area contributed by atoms with Gasteiger partial charge in [0.05, 0.1) is 0 Å². The van der Waals surface area contributed by atoms with Crippen molar-refractivity contribution < 1.29 is 0 Å². The van der Waals surface area contributed by atoms with Gasteiger partial charge in [-0.3, -0.25) is 4.90 Å². The fraction of sp³-hybridized carbons (Fsp3) is 0.625. The van der Waals surface area contributed by atoms with E-state index >= 15 is 0 Å². The van der Waals surface area contributed by atoms with Crippen molar-refractivity contribution in [2.24, 2.45) is 0 Å². The first-order valence-corrected chi connectivity index (χ1v) is 8.79.